The highest BCUT2D eigenvalue weighted by molar-refractivity contribution is 9.10. The Bertz CT molecular complexity index is 665. The van der Waals surface area contributed by atoms with Crippen molar-refractivity contribution in [2.75, 3.05) is 14.2 Å². The third-order valence-corrected chi connectivity index (χ3v) is 4.15. The van der Waals surface area contributed by atoms with Gasteiger partial charge in [-0.1, -0.05) is 24.3 Å². The van der Waals surface area contributed by atoms with Gasteiger partial charge in [0.1, 0.15) is 16.0 Å². The second kappa shape index (κ2) is 6.76. The van der Waals surface area contributed by atoms with Crippen molar-refractivity contribution >= 4 is 21.7 Å². The van der Waals surface area contributed by atoms with Gasteiger partial charge in [-0.15, -0.1) is 0 Å². The molecule has 21 heavy (non-hydrogen) atoms. The van der Waals surface area contributed by atoms with Gasteiger partial charge in [-0.25, -0.2) is 0 Å². The average molecular weight is 349 g/mol. The molecule has 0 bridgehead atoms. The lowest BCUT2D eigenvalue weighted by Gasteiger charge is -2.13. The molecule has 0 radical (unpaired) electrons. The van der Waals surface area contributed by atoms with Crippen LogP contribution in [0.15, 0.2) is 40.9 Å². The van der Waals surface area contributed by atoms with Crippen LogP contribution in [-0.2, 0) is 6.42 Å². The predicted octanol–water partition coefficient (Wildman–Crippen LogP) is 4.20. The molecule has 0 N–H and O–H groups in total. The minimum atomic E-state index is 0.0181. The van der Waals surface area contributed by atoms with Crippen LogP contribution < -0.4 is 9.47 Å². The zero-order valence-corrected chi connectivity index (χ0v) is 13.9. The first-order valence-electron chi connectivity index (χ1n) is 6.56. The maximum atomic E-state index is 12.6. The van der Waals surface area contributed by atoms with Crippen LogP contribution in [0.5, 0.6) is 11.5 Å². The number of carbonyl (C=O) groups excluding carboxylic acids is 1. The van der Waals surface area contributed by atoms with Gasteiger partial charge in [0.15, 0.2) is 5.78 Å². The molecule has 3 nitrogen and oxygen atoms in total. The van der Waals surface area contributed by atoms with Gasteiger partial charge < -0.3 is 9.47 Å². The summed E-state index contributed by atoms with van der Waals surface area (Å²) in [7, 11) is 3.12. The fraction of sp³-hybridized carbons (Fsp3) is 0.235. The van der Waals surface area contributed by atoms with Crippen molar-refractivity contribution in [1.29, 1.82) is 0 Å². The Morgan fingerprint density at radius 3 is 2.43 bits per heavy atom. The smallest absolute Gasteiger partial charge is 0.171 e. The van der Waals surface area contributed by atoms with E-state index in [1.54, 1.807) is 26.4 Å². The molecule has 0 heterocycles. The van der Waals surface area contributed by atoms with Crippen LogP contribution in [0.3, 0.4) is 0 Å². The number of rotatable bonds is 5. The molecule has 2 rings (SSSR count). The van der Waals surface area contributed by atoms with E-state index in [1.165, 1.54) is 0 Å². The Balaban J connectivity index is 2.36. The lowest BCUT2D eigenvalue weighted by atomic mass is 9.99. The van der Waals surface area contributed by atoms with Crippen LogP contribution in [0.25, 0.3) is 0 Å². The maximum Gasteiger partial charge on any atom is 0.171 e. The van der Waals surface area contributed by atoms with Gasteiger partial charge in [-0.2, -0.15) is 0 Å². The predicted molar refractivity (Wildman–Crippen MR) is 86.5 cm³/mol. The summed E-state index contributed by atoms with van der Waals surface area (Å²) in [4.78, 5) is 12.6. The Kier molecular flexibility index (Phi) is 5.02. The number of Topliss-reactive ketones (excluding diaryl/α,β-unsaturated/α-hetero) is 1. The monoisotopic (exact) mass is 348 g/mol. The van der Waals surface area contributed by atoms with E-state index in [4.69, 9.17) is 9.47 Å². The summed E-state index contributed by atoms with van der Waals surface area (Å²) in [6.07, 6.45) is 0.349. The van der Waals surface area contributed by atoms with E-state index < -0.39 is 0 Å². The standard InChI is InChI=1S/C17H17BrO3/c1-11-6-4-5-7-12(11)10-14(19)13-8-9-15(20-2)16(18)17(13)21-3/h4-9H,10H2,1-3H3. The van der Waals surface area contributed by atoms with Gasteiger partial charge >= 0.3 is 0 Å². The van der Waals surface area contributed by atoms with E-state index >= 15 is 0 Å². The van der Waals surface area contributed by atoms with Crippen LogP contribution in [0.4, 0.5) is 0 Å². The quantitative estimate of drug-likeness (QED) is 0.759. The van der Waals surface area contributed by atoms with E-state index in [9.17, 15) is 4.79 Å². The summed E-state index contributed by atoms with van der Waals surface area (Å²) in [5, 5.41) is 0. The van der Waals surface area contributed by atoms with Crippen molar-refractivity contribution in [1.82, 2.24) is 0 Å². The Morgan fingerprint density at radius 1 is 1.10 bits per heavy atom. The SMILES string of the molecule is COc1ccc(C(=O)Cc2ccccc2C)c(OC)c1Br. The van der Waals surface area contributed by atoms with Crippen LogP contribution in [0, 0.1) is 6.92 Å². The van der Waals surface area contributed by atoms with Gasteiger partial charge in [0.05, 0.1) is 19.8 Å². The van der Waals surface area contributed by atoms with Crippen molar-refractivity contribution < 1.29 is 14.3 Å². The molecular formula is C17H17BrO3. The zero-order valence-electron chi connectivity index (χ0n) is 12.3. The molecule has 0 aliphatic rings. The highest BCUT2D eigenvalue weighted by atomic mass is 79.9. The maximum absolute atomic E-state index is 12.6. The number of carbonyl (C=O) groups is 1. The summed E-state index contributed by atoms with van der Waals surface area (Å²) in [6.45, 7) is 2.00. The molecule has 0 aliphatic heterocycles. The highest BCUT2D eigenvalue weighted by Crippen LogP contribution is 2.37. The molecule has 4 heteroatoms. The molecule has 0 aromatic heterocycles. The molecule has 0 saturated heterocycles. The van der Waals surface area contributed by atoms with Crippen molar-refractivity contribution in [2.45, 2.75) is 13.3 Å². The first-order chi connectivity index (χ1) is 10.1. The minimum Gasteiger partial charge on any atom is -0.495 e. The van der Waals surface area contributed by atoms with Crippen LogP contribution >= 0.6 is 15.9 Å². The van der Waals surface area contributed by atoms with E-state index in [1.807, 2.05) is 31.2 Å². The fourth-order valence-corrected chi connectivity index (χ4v) is 2.86. The Labute approximate surface area is 133 Å². The average Bonchev–Trinajstić information content (AvgIpc) is 2.49. The molecule has 2 aromatic rings. The first kappa shape index (κ1) is 15.6. The van der Waals surface area contributed by atoms with Gasteiger partial charge in [0.2, 0.25) is 0 Å². The zero-order chi connectivity index (χ0) is 15.4. The molecule has 0 spiro atoms. The number of methoxy groups -OCH3 is 2. The number of halogens is 1. The molecule has 2 aromatic carbocycles. The number of benzene rings is 2. The van der Waals surface area contributed by atoms with E-state index in [0.29, 0.717) is 28.0 Å². The number of aryl methyl sites for hydroxylation is 1. The van der Waals surface area contributed by atoms with E-state index in [2.05, 4.69) is 15.9 Å². The lowest BCUT2D eigenvalue weighted by Crippen LogP contribution is -2.07. The summed E-state index contributed by atoms with van der Waals surface area (Å²) in [5.41, 5.74) is 2.68. The number of hydrogen-bond acceptors (Lipinski definition) is 3. The van der Waals surface area contributed by atoms with Crippen molar-refractivity contribution in [3.05, 3.63) is 57.6 Å². The van der Waals surface area contributed by atoms with E-state index in [0.717, 1.165) is 11.1 Å². The van der Waals surface area contributed by atoms with Gasteiger partial charge in [-0.05, 0) is 46.1 Å². The van der Waals surface area contributed by atoms with Crippen molar-refractivity contribution in [3.63, 3.8) is 0 Å². The Morgan fingerprint density at radius 2 is 1.81 bits per heavy atom. The summed E-state index contributed by atoms with van der Waals surface area (Å²) in [6, 6.07) is 11.4. The van der Waals surface area contributed by atoms with Crippen molar-refractivity contribution in [2.24, 2.45) is 0 Å². The molecule has 0 atom stereocenters. The summed E-state index contributed by atoms with van der Waals surface area (Å²) < 4.78 is 11.2. The Hall–Kier alpha value is -1.81. The normalized spacial score (nSPS) is 10.3. The summed E-state index contributed by atoms with van der Waals surface area (Å²) >= 11 is 3.42. The second-order valence-electron chi connectivity index (χ2n) is 4.69. The molecule has 110 valence electrons. The van der Waals surface area contributed by atoms with E-state index in [-0.39, 0.29) is 5.78 Å². The first-order valence-corrected chi connectivity index (χ1v) is 7.36. The van der Waals surface area contributed by atoms with Crippen LogP contribution in [-0.4, -0.2) is 20.0 Å². The molecule has 0 unspecified atom stereocenters. The highest BCUT2D eigenvalue weighted by Gasteiger charge is 2.18. The number of ether oxygens (including phenoxy) is 2. The number of hydrogen-bond donors (Lipinski definition) is 0. The largest absolute Gasteiger partial charge is 0.495 e. The summed E-state index contributed by atoms with van der Waals surface area (Å²) in [5.74, 6) is 1.16. The second-order valence-corrected chi connectivity index (χ2v) is 5.48. The molecule has 0 amide bonds. The van der Waals surface area contributed by atoms with Gasteiger partial charge in [-0.3, -0.25) is 4.79 Å². The minimum absolute atomic E-state index is 0.0181. The molecule has 0 fully saturated rings. The molecule has 0 saturated carbocycles. The molecule has 0 aliphatic carbocycles. The third-order valence-electron chi connectivity index (χ3n) is 3.40. The topological polar surface area (TPSA) is 35.5 Å². The lowest BCUT2D eigenvalue weighted by molar-refractivity contribution is 0.0989. The number of ketones is 1. The van der Waals surface area contributed by atoms with Crippen LogP contribution in [0.2, 0.25) is 0 Å². The van der Waals surface area contributed by atoms with Crippen molar-refractivity contribution in [3.8, 4) is 11.5 Å². The van der Waals surface area contributed by atoms with Crippen LogP contribution in [0.1, 0.15) is 21.5 Å². The van der Waals surface area contributed by atoms with Gasteiger partial charge in [0.25, 0.3) is 0 Å². The molecular weight excluding hydrogens is 332 g/mol. The third kappa shape index (κ3) is 3.27. The fourth-order valence-electron chi connectivity index (χ4n) is 2.19. The van der Waals surface area contributed by atoms with Gasteiger partial charge in [0, 0.05) is 6.42 Å².